The average molecular weight is 588 g/mol. The monoisotopic (exact) mass is 587 g/mol. The van der Waals surface area contributed by atoms with E-state index in [1.165, 1.54) is 24.7 Å². The molecule has 0 saturated heterocycles. The summed E-state index contributed by atoms with van der Waals surface area (Å²) in [6, 6.07) is 1.58. The minimum Gasteiger partial charge on any atom is -0.508 e. The standard InChI is InChI=1S/C27H41N9O6/c1-15(2)10-22(26(41)42)36-24(39)20(4-3-9-32-27(29)30)34-25(40)21(11-16-5-7-18(37)8-6-16)35-23(38)19(28)12-17-13-31-14-33-17/h5-8,13-15,19-22,37H,3-4,9-12,28H2,1-2H3,(H,31,33)(H,34,40)(H,35,38)(H,36,39)(H,41,42)(H4,29,30,32). The number of carbonyl (C=O) groups is 4. The number of H-pyrrole nitrogens is 1. The van der Waals surface area contributed by atoms with Gasteiger partial charge in [0, 0.05) is 31.3 Å². The molecule has 0 aliphatic rings. The van der Waals surface area contributed by atoms with Crippen molar-refractivity contribution in [2.24, 2.45) is 28.1 Å². The number of aromatic nitrogens is 2. The molecule has 1 aromatic heterocycles. The van der Waals surface area contributed by atoms with Crippen LogP contribution >= 0.6 is 0 Å². The van der Waals surface area contributed by atoms with Crippen molar-refractivity contribution >= 4 is 29.7 Å². The summed E-state index contributed by atoms with van der Waals surface area (Å²) < 4.78 is 0. The Kier molecular flexibility index (Phi) is 13.2. The van der Waals surface area contributed by atoms with Crippen molar-refractivity contribution in [2.75, 3.05) is 6.54 Å². The molecule has 4 unspecified atom stereocenters. The van der Waals surface area contributed by atoms with E-state index >= 15 is 0 Å². The summed E-state index contributed by atoms with van der Waals surface area (Å²) in [5.74, 6) is -3.33. The number of aliphatic carboxylic acids is 1. The van der Waals surface area contributed by atoms with Crippen molar-refractivity contribution in [2.45, 2.75) is 70.1 Å². The lowest BCUT2D eigenvalue weighted by Gasteiger charge is -2.25. The molecule has 4 atom stereocenters. The molecule has 0 bridgehead atoms. The van der Waals surface area contributed by atoms with Crippen molar-refractivity contribution < 1.29 is 29.4 Å². The quantitative estimate of drug-likeness (QED) is 0.0610. The second kappa shape index (κ2) is 16.6. The van der Waals surface area contributed by atoms with Gasteiger partial charge in [-0.2, -0.15) is 0 Å². The zero-order valence-corrected chi connectivity index (χ0v) is 23.7. The molecule has 15 nitrogen and oxygen atoms in total. The highest BCUT2D eigenvalue weighted by molar-refractivity contribution is 5.94. The molecule has 42 heavy (non-hydrogen) atoms. The molecule has 15 heteroatoms. The van der Waals surface area contributed by atoms with E-state index in [-0.39, 0.29) is 49.9 Å². The Labute approximate surface area is 243 Å². The Morgan fingerprint density at radius 3 is 2.14 bits per heavy atom. The number of imidazole rings is 1. The van der Waals surface area contributed by atoms with Crippen LogP contribution in [0.2, 0.25) is 0 Å². The summed E-state index contributed by atoms with van der Waals surface area (Å²) in [5.41, 5.74) is 18.1. The van der Waals surface area contributed by atoms with Gasteiger partial charge < -0.3 is 48.3 Å². The predicted octanol–water partition coefficient (Wildman–Crippen LogP) is -1.13. The first-order valence-electron chi connectivity index (χ1n) is 13.6. The fraction of sp³-hybridized carbons (Fsp3) is 0.481. The van der Waals surface area contributed by atoms with E-state index in [0.717, 1.165) is 0 Å². The van der Waals surface area contributed by atoms with Crippen LogP contribution in [-0.4, -0.2) is 80.5 Å². The van der Waals surface area contributed by atoms with Crippen molar-refractivity contribution in [1.82, 2.24) is 25.9 Å². The zero-order chi connectivity index (χ0) is 31.2. The second-order valence-electron chi connectivity index (χ2n) is 10.4. The second-order valence-corrected chi connectivity index (χ2v) is 10.4. The highest BCUT2D eigenvalue weighted by Gasteiger charge is 2.30. The van der Waals surface area contributed by atoms with Crippen molar-refractivity contribution in [1.29, 1.82) is 0 Å². The van der Waals surface area contributed by atoms with Crippen molar-refractivity contribution in [3.63, 3.8) is 0 Å². The molecule has 0 saturated carbocycles. The molecule has 0 aliphatic carbocycles. The maximum atomic E-state index is 13.5. The number of aromatic amines is 1. The van der Waals surface area contributed by atoms with Crippen LogP contribution in [0, 0.1) is 5.92 Å². The minimum atomic E-state index is -1.20. The first-order valence-corrected chi connectivity index (χ1v) is 13.6. The van der Waals surface area contributed by atoms with Gasteiger partial charge >= 0.3 is 5.97 Å². The van der Waals surface area contributed by atoms with Crippen LogP contribution in [0.1, 0.15) is 44.4 Å². The fourth-order valence-electron chi connectivity index (χ4n) is 4.09. The molecule has 12 N–H and O–H groups in total. The Balaban J connectivity index is 2.25. The van der Waals surface area contributed by atoms with Crippen LogP contribution in [0.5, 0.6) is 5.75 Å². The Morgan fingerprint density at radius 2 is 1.57 bits per heavy atom. The van der Waals surface area contributed by atoms with Gasteiger partial charge in [0.05, 0.1) is 12.4 Å². The Hall–Kier alpha value is -4.66. The van der Waals surface area contributed by atoms with Crippen LogP contribution in [0.4, 0.5) is 0 Å². The van der Waals surface area contributed by atoms with Crippen LogP contribution < -0.4 is 33.2 Å². The minimum absolute atomic E-state index is 0.0159. The number of aliphatic imine (C=N–C) groups is 1. The maximum absolute atomic E-state index is 13.5. The van der Waals surface area contributed by atoms with Gasteiger partial charge in [-0.1, -0.05) is 26.0 Å². The van der Waals surface area contributed by atoms with Crippen LogP contribution in [0.15, 0.2) is 41.8 Å². The average Bonchev–Trinajstić information content (AvgIpc) is 3.43. The van der Waals surface area contributed by atoms with Crippen LogP contribution in [-0.2, 0) is 32.0 Å². The fourth-order valence-corrected chi connectivity index (χ4v) is 4.09. The molecule has 230 valence electrons. The van der Waals surface area contributed by atoms with Crippen LogP contribution in [0.25, 0.3) is 0 Å². The summed E-state index contributed by atoms with van der Waals surface area (Å²) >= 11 is 0. The van der Waals surface area contributed by atoms with Gasteiger partial charge in [-0.3, -0.25) is 19.4 Å². The lowest BCUT2D eigenvalue weighted by molar-refractivity contribution is -0.142. The topological polar surface area (TPSA) is 264 Å². The SMILES string of the molecule is CC(C)CC(NC(=O)C(CCCN=C(N)N)NC(=O)C(Cc1ccc(O)cc1)NC(=O)C(N)Cc1cnc[nH]1)C(=O)O. The summed E-state index contributed by atoms with van der Waals surface area (Å²) in [7, 11) is 0. The number of hydrogen-bond acceptors (Lipinski definition) is 8. The summed E-state index contributed by atoms with van der Waals surface area (Å²) in [5, 5.41) is 27.0. The number of aromatic hydroxyl groups is 1. The first-order chi connectivity index (χ1) is 19.8. The number of benzene rings is 1. The first kappa shape index (κ1) is 33.5. The number of rotatable bonds is 17. The largest absolute Gasteiger partial charge is 0.508 e. The number of amides is 3. The van der Waals surface area contributed by atoms with Gasteiger partial charge in [-0.05, 0) is 42.9 Å². The molecular formula is C27H41N9O6. The van der Waals surface area contributed by atoms with Gasteiger partial charge in [-0.25, -0.2) is 9.78 Å². The normalized spacial score (nSPS) is 13.8. The molecule has 0 aliphatic heterocycles. The number of phenolic OH excluding ortho intramolecular Hbond substituents is 1. The number of carboxylic acids is 1. The van der Waals surface area contributed by atoms with Crippen molar-refractivity contribution in [3.05, 3.63) is 48.0 Å². The number of hydrogen-bond donors (Lipinski definition) is 9. The van der Waals surface area contributed by atoms with Gasteiger partial charge in [-0.15, -0.1) is 0 Å². The van der Waals surface area contributed by atoms with E-state index in [1.807, 2.05) is 13.8 Å². The lowest BCUT2D eigenvalue weighted by Crippen LogP contribution is -2.57. The third-order valence-electron chi connectivity index (χ3n) is 6.24. The number of guanidine groups is 1. The molecule has 1 heterocycles. The number of nitrogens with two attached hydrogens (primary N) is 3. The molecule has 2 aromatic rings. The predicted molar refractivity (Wildman–Crippen MR) is 155 cm³/mol. The van der Waals surface area contributed by atoms with E-state index < -0.39 is 47.9 Å². The number of carboxylic acid groups (broad SMARTS) is 1. The number of nitrogens with zero attached hydrogens (tertiary/aromatic N) is 2. The number of nitrogens with one attached hydrogen (secondary N) is 4. The molecule has 2 rings (SSSR count). The molecule has 0 spiro atoms. The summed E-state index contributed by atoms with van der Waals surface area (Å²) in [6.07, 6.45) is 3.70. The highest BCUT2D eigenvalue weighted by Crippen LogP contribution is 2.13. The summed E-state index contributed by atoms with van der Waals surface area (Å²) in [6.45, 7) is 3.82. The lowest BCUT2D eigenvalue weighted by atomic mass is 10.0. The molecule has 0 radical (unpaired) electrons. The highest BCUT2D eigenvalue weighted by atomic mass is 16.4. The van der Waals surface area contributed by atoms with E-state index in [0.29, 0.717) is 17.7 Å². The van der Waals surface area contributed by atoms with E-state index in [4.69, 9.17) is 17.2 Å². The van der Waals surface area contributed by atoms with E-state index in [9.17, 15) is 29.4 Å². The molecule has 0 fully saturated rings. The van der Waals surface area contributed by atoms with E-state index in [1.54, 1.807) is 12.1 Å². The molecule has 3 amide bonds. The van der Waals surface area contributed by atoms with Gasteiger partial charge in [0.25, 0.3) is 0 Å². The van der Waals surface area contributed by atoms with Crippen LogP contribution in [0.3, 0.4) is 0 Å². The zero-order valence-electron chi connectivity index (χ0n) is 23.7. The Morgan fingerprint density at radius 1 is 0.952 bits per heavy atom. The third kappa shape index (κ3) is 11.8. The summed E-state index contributed by atoms with van der Waals surface area (Å²) in [4.78, 5) is 62.1. The van der Waals surface area contributed by atoms with Crippen molar-refractivity contribution in [3.8, 4) is 5.75 Å². The third-order valence-corrected chi connectivity index (χ3v) is 6.24. The number of phenols is 1. The van der Waals surface area contributed by atoms with Gasteiger partial charge in [0.1, 0.15) is 23.9 Å². The molecular weight excluding hydrogens is 546 g/mol. The smallest absolute Gasteiger partial charge is 0.326 e. The van der Waals surface area contributed by atoms with E-state index in [2.05, 4.69) is 30.9 Å². The number of carbonyl (C=O) groups excluding carboxylic acids is 3. The van der Waals surface area contributed by atoms with Gasteiger partial charge in [0.2, 0.25) is 17.7 Å². The molecule has 1 aromatic carbocycles. The Bertz CT molecular complexity index is 1200. The van der Waals surface area contributed by atoms with Gasteiger partial charge in [0.15, 0.2) is 5.96 Å². The maximum Gasteiger partial charge on any atom is 0.326 e.